The van der Waals surface area contributed by atoms with Crippen LogP contribution in [0.15, 0.2) is 23.2 Å². The van der Waals surface area contributed by atoms with Crippen LogP contribution in [0.2, 0.25) is 0 Å². The second-order valence-electron chi connectivity index (χ2n) is 6.10. The Labute approximate surface area is 131 Å². The first-order valence-corrected chi connectivity index (χ1v) is 7.97. The highest BCUT2D eigenvalue weighted by Crippen LogP contribution is 2.45. The third kappa shape index (κ3) is 4.70. The summed E-state index contributed by atoms with van der Waals surface area (Å²) in [7, 11) is 0. The molecule has 0 heterocycles. The van der Waals surface area contributed by atoms with E-state index in [0.717, 1.165) is 49.4 Å². The minimum absolute atomic E-state index is 0.0237. The maximum atomic E-state index is 13.1. The first-order chi connectivity index (χ1) is 10.6. The van der Waals surface area contributed by atoms with Crippen molar-refractivity contribution >= 4 is 5.96 Å². The molecule has 5 heteroatoms. The molecule has 1 aromatic carbocycles. The normalized spacial score (nSPS) is 16.5. The van der Waals surface area contributed by atoms with Gasteiger partial charge in [0.15, 0.2) is 5.96 Å². The second kappa shape index (κ2) is 7.58. The van der Waals surface area contributed by atoms with Crippen molar-refractivity contribution in [3.63, 3.8) is 0 Å². The molecule has 4 nitrogen and oxygen atoms in total. The Morgan fingerprint density at radius 3 is 2.73 bits per heavy atom. The van der Waals surface area contributed by atoms with Crippen molar-refractivity contribution in [2.24, 2.45) is 10.4 Å². The number of aliphatic imine (C=N–C) groups is 1. The molecule has 3 N–H and O–H groups in total. The van der Waals surface area contributed by atoms with Crippen molar-refractivity contribution in [2.75, 3.05) is 26.2 Å². The number of hydrogen-bond acceptors (Lipinski definition) is 2. The van der Waals surface area contributed by atoms with Crippen molar-refractivity contribution in [1.82, 2.24) is 10.6 Å². The SMILES string of the molecule is CCNC(=NCC1(CO)CC1)NCCc1ccc(F)cc1C. The fourth-order valence-corrected chi connectivity index (χ4v) is 2.39. The smallest absolute Gasteiger partial charge is 0.191 e. The minimum atomic E-state index is -0.192. The van der Waals surface area contributed by atoms with Gasteiger partial charge in [-0.15, -0.1) is 0 Å². The Morgan fingerprint density at radius 1 is 1.36 bits per heavy atom. The number of aliphatic hydroxyl groups is 1. The molecule has 122 valence electrons. The van der Waals surface area contributed by atoms with Gasteiger partial charge in [0, 0.05) is 18.5 Å². The van der Waals surface area contributed by atoms with Crippen LogP contribution in [-0.4, -0.2) is 37.3 Å². The van der Waals surface area contributed by atoms with Gasteiger partial charge in [0.1, 0.15) is 5.82 Å². The molecule has 0 radical (unpaired) electrons. The molecule has 1 aliphatic carbocycles. The molecule has 0 bridgehead atoms. The van der Waals surface area contributed by atoms with E-state index in [1.165, 1.54) is 6.07 Å². The van der Waals surface area contributed by atoms with Gasteiger partial charge in [-0.2, -0.15) is 0 Å². The van der Waals surface area contributed by atoms with E-state index in [0.29, 0.717) is 6.54 Å². The number of halogens is 1. The number of guanidine groups is 1. The zero-order valence-corrected chi connectivity index (χ0v) is 13.5. The van der Waals surface area contributed by atoms with Crippen LogP contribution < -0.4 is 10.6 Å². The summed E-state index contributed by atoms with van der Waals surface area (Å²) in [4.78, 5) is 4.56. The lowest BCUT2D eigenvalue weighted by Crippen LogP contribution is -2.39. The number of aliphatic hydroxyl groups excluding tert-OH is 1. The quantitative estimate of drug-likeness (QED) is 0.533. The summed E-state index contributed by atoms with van der Waals surface area (Å²) in [6, 6.07) is 4.90. The van der Waals surface area contributed by atoms with Crippen LogP contribution >= 0.6 is 0 Å². The molecule has 22 heavy (non-hydrogen) atoms. The van der Waals surface area contributed by atoms with E-state index >= 15 is 0 Å². The second-order valence-corrected chi connectivity index (χ2v) is 6.10. The van der Waals surface area contributed by atoms with E-state index in [1.54, 1.807) is 6.07 Å². The van der Waals surface area contributed by atoms with E-state index in [-0.39, 0.29) is 17.8 Å². The number of nitrogens with one attached hydrogen (secondary N) is 2. The number of benzene rings is 1. The molecule has 0 atom stereocenters. The fraction of sp³-hybridized carbons (Fsp3) is 0.588. The van der Waals surface area contributed by atoms with Crippen LogP contribution in [0.5, 0.6) is 0 Å². The van der Waals surface area contributed by atoms with Gasteiger partial charge in [0.05, 0.1) is 13.2 Å². The molecule has 2 rings (SSSR count). The van der Waals surface area contributed by atoms with Gasteiger partial charge in [-0.25, -0.2) is 4.39 Å². The molecule has 1 saturated carbocycles. The molecule has 0 unspecified atom stereocenters. The third-order valence-electron chi connectivity index (χ3n) is 4.20. The number of rotatable bonds is 7. The van der Waals surface area contributed by atoms with Gasteiger partial charge in [-0.3, -0.25) is 4.99 Å². The minimum Gasteiger partial charge on any atom is -0.396 e. The van der Waals surface area contributed by atoms with Gasteiger partial charge < -0.3 is 15.7 Å². The zero-order chi connectivity index (χ0) is 16.0. The number of nitrogens with zero attached hydrogens (tertiary/aromatic N) is 1. The van der Waals surface area contributed by atoms with Crippen LogP contribution in [0, 0.1) is 18.2 Å². The highest BCUT2D eigenvalue weighted by atomic mass is 19.1. The van der Waals surface area contributed by atoms with E-state index in [4.69, 9.17) is 0 Å². The van der Waals surface area contributed by atoms with Crippen LogP contribution in [-0.2, 0) is 6.42 Å². The summed E-state index contributed by atoms with van der Waals surface area (Å²) < 4.78 is 13.1. The van der Waals surface area contributed by atoms with Crippen molar-refractivity contribution in [2.45, 2.75) is 33.1 Å². The molecular weight excluding hydrogens is 281 g/mol. The Hall–Kier alpha value is -1.62. The monoisotopic (exact) mass is 307 g/mol. The maximum Gasteiger partial charge on any atom is 0.191 e. The Morgan fingerprint density at radius 2 is 2.14 bits per heavy atom. The topological polar surface area (TPSA) is 56.7 Å². The summed E-state index contributed by atoms with van der Waals surface area (Å²) in [6.07, 6.45) is 2.93. The van der Waals surface area contributed by atoms with Gasteiger partial charge in [0.2, 0.25) is 0 Å². The Kier molecular flexibility index (Phi) is 5.77. The van der Waals surface area contributed by atoms with Crippen molar-refractivity contribution in [3.05, 3.63) is 35.1 Å². The van der Waals surface area contributed by atoms with Gasteiger partial charge in [-0.05, 0) is 56.4 Å². The van der Waals surface area contributed by atoms with Crippen LogP contribution in [0.4, 0.5) is 4.39 Å². The van der Waals surface area contributed by atoms with Crippen LogP contribution in [0.3, 0.4) is 0 Å². The molecule has 0 spiro atoms. The summed E-state index contributed by atoms with van der Waals surface area (Å²) in [5, 5.41) is 15.8. The van der Waals surface area contributed by atoms with Crippen molar-refractivity contribution < 1.29 is 9.50 Å². The first-order valence-electron chi connectivity index (χ1n) is 7.97. The van der Waals surface area contributed by atoms with Gasteiger partial charge in [0.25, 0.3) is 0 Å². The van der Waals surface area contributed by atoms with Crippen LogP contribution in [0.1, 0.15) is 30.9 Å². The molecule has 0 aliphatic heterocycles. The summed E-state index contributed by atoms with van der Waals surface area (Å²) >= 11 is 0. The fourth-order valence-electron chi connectivity index (χ4n) is 2.39. The van der Waals surface area contributed by atoms with E-state index in [1.807, 2.05) is 19.9 Å². The first kappa shape index (κ1) is 16.7. The Balaban J connectivity index is 1.84. The number of aryl methyl sites for hydroxylation is 1. The molecule has 1 aliphatic rings. The lowest BCUT2D eigenvalue weighted by atomic mass is 10.1. The lowest BCUT2D eigenvalue weighted by molar-refractivity contribution is 0.217. The van der Waals surface area contributed by atoms with E-state index < -0.39 is 0 Å². The van der Waals surface area contributed by atoms with Crippen molar-refractivity contribution in [3.8, 4) is 0 Å². The third-order valence-corrected chi connectivity index (χ3v) is 4.20. The molecule has 1 fully saturated rings. The predicted molar refractivity (Wildman–Crippen MR) is 87.6 cm³/mol. The van der Waals surface area contributed by atoms with Gasteiger partial charge >= 0.3 is 0 Å². The van der Waals surface area contributed by atoms with E-state index in [2.05, 4.69) is 15.6 Å². The Bertz CT molecular complexity index is 527. The van der Waals surface area contributed by atoms with Crippen LogP contribution in [0.25, 0.3) is 0 Å². The summed E-state index contributed by atoms with van der Waals surface area (Å²) in [6.45, 7) is 6.37. The molecular formula is C17H26FN3O. The molecule has 0 aromatic heterocycles. The zero-order valence-electron chi connectivity index (χ0n) is 13.5. The standard InChI is InChI=1S/C17H26FN3O/c1-3-19-16(21-11-17(12-22)7-8-17)20-9-6-14-4-5-15(18)10-13(14)2/h4-5,10,22H,3,6-9,11-12H2,1-2H3,(H2,19,20,21). The summed E-state index contributed by atoms with van der Waals surface area (Å²) in [5.74, 6) is 0.588. The largest absolute Gasteiger partial charge is 0.396 e. The summed E-state index contributed by atoms with van der Waals surface area (Å²) in [5.41, 5.74) is 2.13. The van der Waals surface area contributed by atoms with Crippen molar-refractivity contribution in [1.29, 1.82) is 0 Å². The average molecular weight is 307 g/mol. The highest BCUT2D eigenvalue weighted by molar-refractivity contribution is 5.79. The molecule has 0 amide bonds. The highest BCUT2D eigenvalue weighted by Gasteiger charge is 2.41. The van der Waals surface area contributed by atoms with Gasteiger partial charge in [-0.1, -0.05) is 6.07 Å². The van der Waals surface area contributed by atoms with E-state index in [9.17, 15) is 9.50 Å². The average Bonchev–Trinajstić information content (AvgIpc) is 3.27. The lowest BCUT2D eigenvalue weighted by Gasteiger charge is -2.14. The predicted octanol–water partition coefficient (Wildman–Crippen LogP) is 2.00. The number of hydrogen-bond donors (Lipinski definition) is 3. The molecule has 1 aromatic rings. The maximum absolute atomic E-state index is 13.1. The molecule has 0 saturated heterocycles.